The van der Waals surface area contributed by atoms with Gasteiger partial charge in [-0.25, -0.2) is 8.42 Å². The maximum Gasteiger partial charge on any atom is 0.261 e. The van der Waals surface area contributed by atoms with Gasteiger partial charge in [0.25, 0.3) is 15.9 Å². The van der Waals surface area contributed by atoms with E-state index in [0.29, 0.717) is 36.0 Å². The molecule has 144 valence electrons. The molecule has 2 aromatic rings. The van der Waals surface area contributed by atoms with E-state index in [1.54, 1.807) is 35.2 Å². The molecular formula is C19H21ClN2O4S. The van der Waals surface area contributed by atoms with Crippen molar-refractivity contribution >= 4 is 33.2 Å². The lowest BCUT2D eigenvalue weighted by Gasteiger charge is -2.26. The first-order valence-corrected chi connectivity index (χ1v) is 10.5. The second-order valence-electron chi connectivity index (χ2n) is 6.39. The molecule has 1 atom stereocenters. The number of hydrogen-bond acceptors (Lipinski definition) is 4. The van der Waals surface area contributed by atoms with Crippen LogP contribution in [0.5, 0.6) is 0 Å². The lowest BCUT2D eigenvalue weighted by Crippen LogP contribution is -2.39. The standard InChI is InChI=1S/C19H21ClN2O4S/c1-14-8-10-26-11-9-22(14)19(23)15-4-2-7-18(12-15)27(24,25)21-17-6-3-5-16(20)13-17/h2-7,12-14,21H,8-11H2,1H3. The van der Waals surface area contributed by atoms with Crippen LogP contribution in [-0.4, -0.2) is 45.0 Å². The maximum atomic E-state index is 12.9. The fourth-order valence-corrected chi connectivity index (χ4v) is 4.21. The van der Waals surface area contributed by atoms with Crippen LogP contribution < -0.4 is 4.72 Å². The minimum atomic E-state index is -3.84. The fourth-order valence-electron chi connectivity index (χ4n) is 2.92. The molecule has 1 unspecified atom stereocenters. The number of anilines is 1. The Labute approximate surface area is 164 Å². The lowest BCUT2D eigenvalue weighted by atomic mass is 10.1. The zero-order chi connectivity index (χ0) is 19.4. The summed E-state index contributed by atoms with van der Waals surface area (Å²) in [5, 5.41) is 0.427. The Balaban J connectivity index is 1.85. The molecule has 1 fully saturated rings. The Hall–Kier alpha value is -2.09. The van der Waals surface area contributed by atoms with Gasteiger partial charge in [-0.2, -0.15) is 0 Å². The molecule has 0 saturated carbocycles. The number of rotatable bonds is 4. The monoisotopic (exact) mass is 408 g/mol. The molecule has 6 nitrogen and oxygen atoms in total. The molecule has 1 aliphatic heterocycles. The van der Waals surface area contributed by atoms with E-state index in [9.17, 15) is 13.2 Å². The van der Waals surface area contributed by atoms with Crippen molar-refractivity contribution in [2.75, 3.05) is 24.5 Å². The number of hydrogen-bond donors (Lipinski definition) is 1. The number of ether oxygens (including phenoxy) is 1. The van der Waals surface area contributed by atoms with E-state index < -0.39 is 10.0 Å². The SMILES string of the molecule is CC1CCOCCN1C(=O)c1cccc(S(=O)(=O)Nc2cccc(Cl)c2)c1. The van der Waals surface area contributed by atoms with Crippen LogP contribution in [0.3, 0.4) is 0 Å². The number of carbonyl (C=O) groups is 1. The molecule has 0 bridgehead atoms. The van der Waals surface area contributed by atoms with Gasteiger partial charge in [-0.3, -0.25) is 9.52 Å². The van der Waals surface area contributed by atoms with Crippen LogP contribution in [0.4, 0.5) is 5.69 Å². The van der Waals surface area contributed by atoms with Crippen LogP contribution in [0.25, 0.3) is 0 Å². The molecule has 1 amide bonds. The van der Waals surface area contributed by atoms with Crippen LogP contribution in [0.2, 0.25) is 5.02 Å². The summed E-state index contributed by atoms with van der Waals surface area (Å²) in [4.78, 5) is 14.6. The summed E-state index contributed by atoms with van der Waals surface area (Å²) in [6.07, 6.45) is 0.750. The first kappa shape index (κ1) is 19.7. The highest BCUT2D eigenvalue weighted by molar-refractivity contribution is 7.92. The summed E-state index contributed by atoms with van der Waals surface area (Å²) < 4.78 is 33.3. The molecular weight excluding hydrogens is 388 g/mol. The smallest absolute Gasteiger partial charge is 0.261 e. The summed E-state index contributed by atoms with van der Waals surface area (Å²) in [5.74, 6) is -0.201. The van der Waals surface area contributed by atoms with Crippen molar-refractivity contribution in [2.45, 2.75) is 24.3 Å². The van der Waals surface area contributed by atoms with Gasteiger partial charge in [0, 0.05) is 29.8 Å². The van der Waals surface area contributed by atoms with Gasteiger partial charge in [-0.15, -0.1) is 0 Å². The molecule has 1 aliphatic rings. The number of halogens is 1. The van der Waals surface area contributed by atoms with Crippen LogP contribution in [-0.2, 0) is 14.8 Å². The van der Waals surface area contributed by atoms with E-state index >= 15 is 0 Å². The van der Waals surface area contributed by atoms with Crippen molar-refractivity contribution in [1.29, 1.82) is 0 Å². The van der Waals surface area contributed by atoms with Crippen LogP contribution in [0, 0.1) is 0 Å². The average Bonchev–Trinajstić information content (AvgIpc) is 2.85. The van der Waals surface area contributed by atoms with Crippen LogP contribution >= 0.6 is 11.6 Å². The van der Waals surface area contributed by atoms with Crippen molar-refractivity contribution in [1.82, 2.24) is 4.90 Å². The minimum absolute atomic E-state index is 0.0204. The van der Waals surface area contributed by atoms with Gasteiger partial charge in [0.15, 0.2) is 0 Å². The zero-order valence-electron chi connectivity index (χ0n) is 14.9. The summed E-state index contributed by atoms with van der Waals surface area (Å²) in [5.41, 5.74) is 0.690. The highest BCUT2D eigenvalue weighted by atomic mass is 35.5. The fraction of sp³-hybridized carbons (Fsp3) is 0.316. The Bertz CT molecular complexity index is 933. The molecule has 0 radical (unpaired) electrons. The van der Waals surface area contributed by atoms with Gasteiger partial charge < -0.3 is 9.64 Å². The average molecular weight is 409 g/mol. The van der Waals surface area contributed by atoms with Gasteiger partial charge in [-0.1, -0.05) is 23.7 Å². The molecule has 0 aliphatic carbocycles. The zero-order valence-corrected chi connectivity index (χ0v) is 16.5. The topological polar surface area (TPSA) is 75.7 Å². The van der Waals surface area contributed by atoms with Crippen molar-refractivity contribution in [3.63, 3.8) is 0 Å². The van der Waals surface area contributed by atoms with Gasteiger partial charge in [-0.05, 0) is 49.7 Å². The Morgan fingerprint density at radius 3 is 2.74 bits per heavy atom. The molecule has 8 heteroatoms. The molecule has 1 heterocycles. The Morgan fingerprint density at radius 1 is 1.19 bits per heavy atom. The second kappa shape index (κ2) is 8.29. The summed E-state index contributed by atoms with van der Waals surface area (Å²) in [7, 11) is -3.84. The van der Waals surface area contributed by atoms with E-state index in [1.807, 2.05) is 6.92 Å². The van der Waals surface area contributed by atoms with Crippen LogP contribution in [0.15, 0.2) is 53.4 Å². The predicted octanol–water partition coefficient (Wildman–Crippen LogP) is 3.39. The first-order chi connectivity index (χ1) is 12.9. The van der Waals surface area contributed by atoms with Crippen molar-refractivity contribution in [2.24, 2.45) is 0 Å². The van der Waals surface area contributed by atoms with Gasteiger partial charge in [0.2, 0.25) is 0 Å². The van der Waals surface area contributed by atoms with Gasteiger partial charge >= 0.3 is 0 Å². The Kier molecular flexibility index (Phi) is 6.04. The number of nitrogens with zero attached hydrogens (tertiary/aromatic N) is 1. The third-order valence-corrected chi connectivity index (χ3v) is 6.03. The molecule has 2 aromatic carbocycles. The molecule has 1 N–H and O–H groups in total. The quantitative estimate of drug-likeness (QED) is 0.841. The highest BCUT2D eigenvalue weighted by Crippen LogP contribution is 2.21. The normalized spacial score (nSPS) is 18.0. The second-order valence-corrected chi connectivity index (χ2v) is 8.51. The molecule has 0 spiro atoms. The number of amides is 1. The number of carbonyl (C=O) groups excluding carboxylic acids is 1. The maximum absolute atomic E-state index is 12.9. The minimum Gasteiger partial charge on any atom is -0.380 e. The number of nitrogens with one attached hydrogen (secondary N) is 1. The number of sulfonamides is 1. The largest absolute Gasteiger partial charge is 0.380 e. The Morgan fingerprint density at radius 2 is 1.96 bits per heavy atom. The molecule has 1 saturated heterocycles. The van der Waals surface area contributed by atoms with E-state index in [0.717, 1.165) is 6.42 Å². The van der Waals surface area contributed by atoms with E-state index in [-0.39, 0.29) is 16.8 Å². The lowest BCUT2D eigenvalue weighted by molar-refractivity contribution is 0.0687. The third kappa shape index (κ3) is 4.80. The van der Waals surface area contributed by atoms with Crippen molar-refractivity contribution in [3.05, 3.63) is 59.1 Å². The number of benzene rings is 2. The van der Waals surface area contributed by atoms with Gasteiger partial charge in [0.05, 0.1) is 17.2 Å². The van der Waals surface area contributed by atoms with Crippen molar-refractivity contribution in [3.8, 4) is 0 Å². The molecule has 27 heavy (non-hydrogen) atoms. The first-order valence-electron chi connectivity index (χ1n) is 8.64. The van der Waals surface area contributed by atoms with Crippen molar-refractivity contribution < 1.29 is 17.9 Å². The molecule has 0 aromatic heterocycles. The van der Waals surface area contributed by atoms with E-state index in [4.69, 9.17) is 16.3 Å². The molecule has 3 rings (SSSR count). The third-order valence-electron chi connectivity index (χ3n) is 4.42. The van der Waals surface area contributed by atoms with E-state index in [1.165, 1.54) is 18.2 Å². The summed E-state index contributed by atoms with van der Waals surface area (Å²) in [6.45, 7) is 3.54. The highest BCUT2D eigenvalue weighted by Gasteiger charge is 2.24. The van der Waals surface area contributed by atoms with Crippen LogP contribution in [0.1, 0.15) is 23.7 Å². The van der Waals surface area contributed by atoms with E-state index in [2.05, 4.69) is 4.72 Å². The van der Waals surface area contributed by atoms with Gasteiger partial charge in [0.1, 0.15) is 0 Å². The predicted molar refractivity (Wildman–Crippen MR) is 105 cm³/mol. The summed E-state index contributed by atoms with van der Waals surface area (Å²) in [6, 6.07) is 12.5. The summed E-state index contributed by atoms with van der Waals surface area (Å²) >= 11 is 5.90.